The molecular weight excluding hydrogens is 274 g/mol. The standard InChI is InChI=1S/C9H9N5O2S2/c1-14(2)8-12-13-9(18-8)17-7-10-4-3-5(11-7)6(15)16/h3-4H,1-2H3,(H,15,16). The monoisotopic (exact) mass is 283 g/mol. The molecule has 0 fully saturated rings. The number of aromatic carboxylic acids is 1. The molecule has 9 heteroatoms. The maximum atomic E-state index is 10.8. The predicted octanol–water partition coefficient (Wildman–Crippen LogP) is 1.24. The van der Waals surface area contributed by atoms with Gasteiger partial charge in [-0.1, -0.05) is 11.3 Å². The van der Waals surface area contributed by atoms with Crippen LogP contribution < -0.4 is 4.90 Å². The number of carboxylic acid groups (broad SMARTS) is 1. The van der Waals surface area contributed by atoms with Crippen LogP contribution >= 0.6 is 23.1 Å². The molecule has 0 aliphatic rings. The van der Waals surface area contributed by atoms with Gasteiger partial charge in [0.05, 0.1) is 0 Å². The molecule has 0 aromatic carbocycles. The smallest absolute Gasteiger partial charge is 0.354 e. The van der Waals surface area contributed by atoms with E-state index >= 15 is 0 Å². The van der Waals surface area contributed by atoms with Crippen molar-refractivity contribution in [2.24, 2.45) is 0 Å². The number of carbonyl (C=O) groups is 1. The first-order valence-electron chi connectivity index (χ1n) is 4.81. The van der Waals surface area contributed by atoms with E-state index in [4.69, 9.17) is 5.11 Å². The van der Waals surface area contributed by atoms with Crippen LogP contribution in [0.25, 0.3) is 0 Å². The highest BCUT2D eigenvalue weighted by molar-refractivity contribution is 8.00. The van der Waals surface area contributed by atoms with Crippen LogP contribution in [-0.2, 0) is 0 Å². The van der Waals surface area contributed by atoms with Crippen molar-refractivity contribution in [3.8, 4) is 0 Å². The van der Waals surface area contributed by atoms with E-state index in [2.05, 4.69) is 20.2 Å². The van der Waals surface area contributed by atoms with E-state index in [-0.39, 0.29) is 5.69 Å². The fourth-order valence-electron chi connectivity index (χ4n) is 1.01. The van der Waals surface area contributed by atoms with Gasteiger partial charge in [-0.3, -0.25) is 0 Å². The molecular formula is C9H9N5O2S2. The highest BCUT2D eigenvalue weighted by Gasteiger charge is 2.11. The summed E-state index contributed by atoms with van der Waals surface area (Å²) in [5.74, 6) is -1.08. The lowest BCUT2D eigenvalue weighted by molar-refractivity contribution is 0.0689. The molecule has 0 aliphatic carbocycles. The molecule has 7 nitrogen and oxygen atoms in total. The van der Waals surface area contributed by atoms with Gasteiger partial charge < -0.3 is 10.0 Å². The van der Waals surface area contributed by atoms with Crippen molar-refractivity contribution in [1.29, 1.82) is 0 Å². The third-order valence-corrected chi connectivity index (χ3v) is 3.83. The van der Waals surface area contributed by atoms with Crippen LogP contribution in [-0.4, -0.2) is 45.3 Å². The second-order valence-corrected chi connectivity index (χ2v) is 5.55. The van der Waals surface area contributed by atoms with E-state index in [1.807, 2.05) is 19.0 Å². The Morgan fingerprint density at radius 1 is 1.44 bits per heavy atom. The minimum absolute atomic E-state index is 0.0372. The zero-order valence-corrected chi connectivity index (χ0v) is 11.2. The predicted molar refractivity (Wildman–Crippen MR) is 67.4 cm³/mol. The molecule has 2 aromatic heterocycles. The van der Waals surface area contributed by atoms with Gasteiger partial charge in [-0.25, -0.2) is 14.8 Å². The normalized spacial score (nSPS) is 10.3. The van der Waals surface area contributed by atoms with Crippen LogP contribution in [0.4, 0.5) is 5.13 Å². The number of hydrogen-bond acceptors (Lipinski definition) is 8. The quantitative estimate of drug-likeness (QED) is 0.838. The molecule has 1 N–H and O–H groups in total. The average Bonchev–Trinajstić information content (AvgIpc) is 2.78. The largest absolute Gasteiger partial charge is 0.477 e. The number of carboxylic acids is 1. The van der Waals surface area contributed by atoms with E-state index in [0.717, 1.165) is 5.13 Å². The Morgan fingerprint density at radius 2 is 2.22 bits per heavy atom. The SMILES string of the molecule is CN(C)c1nnc(Sc2nccc(C(=O)O)n2)s1. The zero-order chi connectivity index (χ0) is 13.1. The molecule has 0 atom stereocenters. The second kappa shape index (κ2) is 5.27. The highest BCUT2D eigenvalue weighted by atomic mass is 32.2. The molecule has 0 bridgehead atoms. The van der Waals surface area contributed by atoms with E-state index in [1.165, 1.54) is 35.4 Å². The van der Waals surface area contributed by atoms with Gasteiger partial charge in [-0.15, -0.1) is 10.2 Å². The summed E-state index contributed by atoms with van der Waals surface area (Å²) in [4.78, 5) is 20.5. The van der Waals surface area contributed by atoms with E-state index in [0.29, 0.717) is 9.50 Å². The van der Waals surface area contributed by atoms with Crippen LogP contribution in [0.15, 0.2) is 21.8 Å². The Kier molecular flexibility index (Phi) is 3.72. The number of anilines is 1. The van der Waals surface area contributed by atoms with Crippen LogP contribution in [0.5, 0.6) is 0 Å². The first-order chi connectivity index (χ1) is 8.56. The van der Waals surface area contributed by atoms with Crippen LogP contribution in [0.1, 0.15) is 10.5 Å². The number of nitrogens with zero attached hydrogens (tertiary/aromatic N) is 5. The fraction of sp³-hybridized carbons (Fsp3) is 0.222. The molecule has 0 saturated carbocycles. The first kappa shape index (κ1) is 12.7. The van der Waals surface area contributed by atoms with Crippen LogP contribution in [0, 0.1) is 0 Å². The summed E-state index contributed by atoms with van der Waals surface area (Å²) in [6.45, 7) is 0. The molecule has 2 rings (SSSR count). The molecule has 0 amide bonds. The number of aromatic nitrogens is 4. The minimum atomic E-state index is -1.08. The van der Waals surface area contributed by atoms with E-state index in [9.17, 15) is 4.79 Å². The molecule has 0 unspecified atom stereocenters. The van der Waals surface area contributed by atoms with Crippen LogP contribution in [0.3, 0.4) is 0 Å². The van der Waals surface area contributed by atoms with E-state index < -0.39 is 5.97 Å². The molecule has 18 heavy (non-hydrogen) atoms. The lowest BCUT2D eigenvalue weighted by atomic mass is 10.4. The van der Waals surface area contributed by atoms with Gasteiger partial charge in [0, 0.05) is 20.3 Å². The van der Waals surface area contributed by atoms with Crippen molar-refractivity contribution in [2.45, 2.75) is 9.50 Å². The molecule has 0 saturated heterocycles. The fourth-order valence-corrected chi connectivity index (χ4v) is 2.62. The Labute approximate surface area is 111 Å². The minimum Gasteiger partial charge on any atom is -0.477 e. The average molecular weight is 283 g/mol. The summed E-state index contributed by atoms with van der Waals surface area (Å²) < 4.78 is 0.668. The molecule has 2 aromatic rings. The van der Waals surface area contributed by atoms with Crippen molar-refractivity contribution < 1.29 is 9.90 Å². The lowest BCUT2D eigenvalue weighted by Gasteiger charge is -2.03. The summed E-state index contributed by atoms with van der Waals surface area (Å²) >= 11 is 2.58. The van der Waals surface area contributed by atoms with Crippen molar-refractivity contribution in [2.75, 3.05) is 19.0 Å². The van der Waals surface area contributed by atoms with Crippen molar-refractivity contribution in [3.63, 3.8) is 0 Å². The van der Waals surface area contributed by atoms with Crippen molar-refractivity contribution in [3.05, 3.63) is 18.0 Å². The van der Waals surface area contributed by atoms with Crippen molar-refractivity contribution >= 4 is 34.2 Å². The van der Waals surface area contributed by atoms with E-state index in [1.54, 1.807) is 0 Å². The Bertz CT molecular complexity index is 572. The summed E-state index contributed by atoms with van der Waals surface area (Å²) in [6.07, 6.45) is 1.41. The van der Waals surface area contributed by atoms with Gasteiger partial charge in [-0.2, -0.15) is 0 Å². The lowest BCUT2D eigenvalue weighted by Crippen LogP contribution is -2.07. The molecule has 0 aliphatic heterocycles. The summed E-state index contributed by atoms with van der Waals surface area (Å²) in [5, 5.41) is 17.9. The highest BCUT2D eigenvalue weighted by Crippen LogP contribution is 2.30. The first-order valence-corrected chi connectivity index (χ1v) is 6.44. The zero-order valence-electron chi connectivity index (χ0n) is 9.56. The van der Waals surface area contributed by atoms with Crippen LogP contribution in [0.2, 0.25) is 0 Å². The van der Waals surface area contributed by atoms with Gasteiger partial charge in [0.1, 0.15) is 0 Å². The van der Waals surface area contributed by atoms with Gasteiger partial charge in [0.25, 0.3) is 0 Å². The maximum absolute atomic E-state index is 10.8. The molecule has 0 radical (unpaired) electrons. The topological polar surface area (TPSA) is 92.1 Å². The number of hydrogen-bond donors (Lipinski definition) is 1. The third-order valence-electron chi connectivity index (χ3n) is 1.81. The molecule has 94 valence electrons. The number of rotatable bonds is 4. The Balaban J connectivity index is 2.17. The second-order valence-electron chi connectivity index (χ2n) is 3.38. The van der Waals surface area contributed by atoms with Gasteiger partial charge in [0.15, 0.2) is 15.2 Å². The molecule has 2 heterocycles. The Morgan fingerprint density at radius 3 is 2.83 bits per heavy atom. The molecule has 0 spiro atoms. The van der Waals surface area contributed by atoms with Gasteiger partial charge >= 0.3 is 5.97 Å². The van der Waals surface area contributed by atoms with Gasteiger partial charge in [0.2, 0.25) is 5.13 Å². The third kappa shape index (κ3) is 2.93. The van der Waals surface area contributed by atoms with Crippen molar-refractivity contribution in [1.82, 2.24) is 20.2 Å². The Hall–Kier alpha value is -1.74. The summed E-state index contributed by atoms with van der Waals surface area (Å²) in [5.41, 5.74) is -0.0372. The summed E-state index contributed by atoms with van der Waals surface area (Å²) in [7, 11) is 3.74. The summed E-state index contributed by atoms with van der Waals surface area (Å²) in [6, 6.07) is 1.34. The maximum Gasteiger partial charge on any atom is 0.354 e. The van der Waals surface area contributed by atoms with Gasteiger partial charge in [-0.05, 0) is 17.8 Å².